The first-order valence-electron chi connectivity index (χ1n) is 4.89. The Morgan fingerprint density at radius 3 is 1.88 bits per heavy atom. The minimum absolute atomic E-state index is 0. The van der Waals surface area contributed by atoms with E-state index in [0.29, 0.717) is 10.6 Å². The van der Waals surface area contributed by atoms with Gasteiger partial charge in [-0.25, -0.2) is 0 Å². The maximum absolute atomic E-state index is 12.3. The van der Waals surface area contributed by atoms with E-state index in [4.69, 9.17) is 0 Å². The van der Waals surface area contributed by atoms with Gasteiger partial charge in [-0.05, 0) is 12.1 Å². The maximum Gasteiger partial charge on any atom is 1.00 e. The van der Waals surface area contributed by atoms with Gasteiger partial charge in [0, 0.05) is 4.90 Å². The molecule has 0 aromatic heterocycles. The zero-order valence-corrected chi connectivity index (χ0v) is 12.6. The van der Waals surface area contributed by atoms with Crippen molar-refractivity contribution >= 4 is 21.3 Å². The molecular formula is C13H12NNaOS. The molecule has 17 heavy (non-hydrogen) atoms. The van der Waals surface area contributed by atoms with Gasteiger partial charge in [0.05, 0.1) is 0 Å². The van der Waals surface area contributed by atoms with Crippen molar-refractivity contribution < 1.29 is 33.8 Å². The smallest absolute Gasteiger partial charge is 0.605 e. The molecular weight excluding hydrogens is 241 g/mol. The molecule has 0 aliphatic heterocycles. The molecule has 82 valence electrons. The second kappa shape index (κ2) is 6.26. The molecule has 4 heteroatoms. The summed E-state index contributed by atoms with van der Waals surface area (Å²) in [5, 5.41) is 0. The summed E-state index contributed by atoms with van der Waals surface area (Å²) in [4.78, 5) is 0.652. The van der Waals surface area contributed by atoms with Crippen LogP contribution in [0.1, 0.15) is 0 Å². The van der Waals surface area contributed by atoms with Crippen LogP contribution >= 0.6 is 0 Å². The number of nitrogens with zero attached hydrogens (tertiary/aromatic N) is 1. The van der Waals surface area contributed by atoms with Crippen molar-refractivity contribution in [3.8, 4) is 0 Å². The summed E-state index contributed by atoms with van der Waals surface area (Å²) in [7, 11) is -2.59. The summed E-state index contributed by atoms with van der Waals surface area (Å²) in [6, 6.07) is 18.3. The van der Waals surface area contributed by atoms with Gasteiger partial charge in [-0.3, -0.25) is 4.21 Å². The van der Waals surface area contributed by atoms with E-state index in [9.17, 15) is 4.21 Å². The van der Waals surface area contributed by atoms with Crippen LogP contribution in [-0.2, 0) is 9.71 Å². The predicted molar refractivity (Wildman–Crippen MR) is 69.4 cm³/mol. The molecule has 0 saturated heterocycles. The quantitative estimate of drug-likeness (QED) is 0.575. The monoisotopic (exact) mass is 253 g/mol. The zero-order chi connectivity index (χ0) is 11.4. The normalized spacial score (nSPS) is 13.2. The maximum atomic E-state index is 12.3. The molecule has 1 atom stereocenters. The fraction of sp³-hybridized carbons (Fsp3) is 0. The third-order valence-corrected chi connectivity index (χ3v) is 3.64. The van der Waals surface area contributed by atoms with Crippen LogP contribution in [0.15, 0.2) is 65.6 Å². The zero-order valence-electron chi connectivity index (χ0n) is 9.74. The molecule has 0 aliphatic carbocycles. The van der Waals surface area contributed by atoms with Crippen LogP contribution in [0, 0.1) is 0 Å². The molecule has 0 saturated carbocycles. The summed E-state index contributed by atoms with van der Waals surface area (Å²) in [5.74, 6) is 3.70. The molecule has 0 N–H and O–H groups in total. The first kappa shape index (κ1) is 14.3. The molecule has 0 radical (unpaired) electrons. The SMILES string of the molecule is C=S(=O)([N-]c1ccccc1)c1ccccc1.[Na+]. The first-order valence-corrected chi connectivity index (χ1v) is 6.57. The summed E-state index contributed by atoms with van der Waals surface area (Å²) in [6.07, 6.45) is 0. The van der Waals surface area contributed by atoms with E-state index in [-0.39, 0.29) is 29.6 Å². The van der Waals surface area contributed by atoms with Gasteiger partial charge in [-0.15, -0.1) is 5.69 Å². The van der Waals surface area contributed by atoms with Crippen LogP contribution < -0.4 is 29.6 Å². The van der Waals surface area contributed by atoms with Crippen LogP contribution in [0.3, 0.4) is 0 Å². The van der Waals surface area contributed by atoms with Crippen LogP contribution in [0.5, 0.6) is 0 Å². The van der Waals surface area contributed by atoms with Gasteiger partial charge >= 0.3 is 29.6 Å². The van der Waals surface area contributed by atoms with Crippen LogP contribution in [0.2, 0.25) is 0 Å². The van der Waals surface area contributed by atoms with Crippen molar-refractivity contribution in [3.05, 3.63) is 65.4 Å². The Balaban J connectivity index is 0.00000144. The van der Waals surface area contributed by atoms with Gasteiger partial charge in [-0.1, -0.05) is 64.1 Å². The molecule has 0 fully saturated rings. The first-order chi connectivity index (χ1) is 7.68. The van der Waals surface area contributed by atoms with E-state index in [1.165, 1.54) is 0 Å². The van der Waals surface area contributed by atoms with Crippen molar-refractivity contribution in [2.45, 2.75) is 4.90 Å². The fourth-order valence-electron chi connectivity index (χ4n) is 1.34. The summed E-state index contributed by atoms with van der Waals surface area (Å²) in [5.41, 5.74) is 0.686. The summed E-state index contributed by atoms with van der Waals surface area (Å²) in [6.45, 7) is 0. The van der Waals surface area contributed by atoms with E-state index in [0.717, 1.165) is 0 Å². The van der Waals surface area contributed by atoms with Gasteiger partial charge in [0.2, 0.25) is 0 Å². The minimum atomic E-state index is -2.59. The van der Waals surface area contributed by atoms with Crippen molar-refractivity contribution in [2.75, 3.05) is 0 Å². The Bertz CT molecular complexity index is 552. The van der Waals surface area contributed by atoms with Crippen LogP contribution in [0.25, 0.3) is 4.72 Å². The number of hydrogen-bond donors (Lipinski definition) is 0. The van der Waals surface area contributed by atoms with E-state index >= 15 is 0 Å². The standard InChI is InChI=1S/C13H12NOS.Na/c1-16(15,13-10-6-3-7-11-13)14-12-8-4-2-5-9-12;/h2-11H,1H2;/q-1;+1. The van der Waals surface area contributed by atoms with Crippen molar-refractivity contribution in [1.29, 1.82) is 0 Å². The van der Waals surface area contributed by atoms with Gasteiger partial charge < -0.3 is 4.72 Å². The van der Waals surface area contributed by atoms with Gasteiger partial charge in [0.1, 0.15) is 0 Å². The van der Waals surface area contributed by atoms with Crippen molar-refractivity contribution in [1.82, 2.24) is 0 Å². The van der Waals surface area contributed by atoms with E-state index in [1.54, 1.807) is 12.1 Å². The second-order valence-corrected chi connectivity index (χ2v) is 5.32. The third-order valence-electron chi connectivity index (χ3n) is 2.12. The molecule has 2 aromatic rings. The molecule has 0 spiro atoms. The van der Waals surface area contributed by atoms with Gasteiger partial charge in [-0.2, -0.15) is 0 Å². The Kier molecular flexibility index (Phi) is 5.28. The fourth-order valence-corrected chi connectivity index (χ4v) is 2.50. The van der Waals surface area contributed by atoms with E-state index in [2.05, 4.69) is 10.6 Å². The molecule has 2 nitrogen and oxygen atoms in total. The topological polar surface area (TPSA) is 31.2 Å². The Hall–Kier alpha value is -0.740. The van der Waals surface area contributed by atoms with Crippen molar-refractivity contribution in [2.24, 2.45) is 0 Å². The van der Waals surface area contributed by atoms with Gasteiger partial charge in [0.15, 0.2) is 0 Å². The van der Waals surface area contributed by atoms with Crippen LogP contribution in [0.4, 0.5) is 5.69 Å². The average molecular weight is 253 g/mol. The van der Waals surface area contributed by atoms with Crippen molar-refractivity contribution in [3.63, 3.8) is 0 Å². The Morgan fingerprint density at radius 1 is 0.882 bits per heavy atom. The van der Waals surface area contributed by atoms with Gasteiger partial charge in [0.25, 0.3) is 0 Å². The molecule has 0 aliphatic rings. The molecule has 2 rings (SSSR count). The molecule has 2 aromatic carbocycles. The predicted octanol–water partition coefficient (Wildman–Crippen LogP) is 0.386. The Morgan fingerprint density at radius 2 is 1.35 bits per heavy atom. The number of hydrogen-bond acceptors (Lipinski definition) is 1. The Labute approximate surface area is 124 Å². The second-order valence-electron chi connectivity index (χ2n) is 3.38. The largest absolute Gasteiger partial charge is 1.00 e. The molecule has 1 unspecified atom stereocenters. The summed E-state index contributed by atoms with van der Waals surface area (Å²) >= 11 is 0. The van der Waals surface area contributed by atoms with E-state index in [1.807, 2.05) is 48.5 Å². The average Bonchev–Trinajstić information content (AvgIpc) is 2.31. The summed E-state index contributed by atoms with van der Waals surface area (Å²) < 4.78 is 16.5. The number of rotatable bonds is 3. The molecule has 0 amide bonds. The molecule has 0 bridgehead atoms. The number of benzene rings is 2. The van der Waals surface area contributed by atoms with E-state index < -0.39 is 9.71 Å². The van der Waals surface area contributed by atoms with Crippen LogP contribution in [-0.4, -0.2) is 10.1 Å². The minimum Gasteiger partial charge on any atom is -0.605 e. The third kappa shape index (κ3) is 3.89. The molecule has 0 heterocycles.